The molecule has 0 saturated carbocycles. The fourth-order valence-electron chi connectivity index (χ4n) is 4.37. The molecule has 0 radical (unpaired) electrons. The molecule has 5 rings (SSSR count). The quantitative estimate of drug-likeness (QED) is 0.439. The number of nitriles is 1. The van der Waals surface area contributed by atoms with Gasteiger partial charge in [0.25, 0.3) is 0 Å². The molecule has 2 unspecified atom stereocenters. The van der Waals surface area contributed by atoms with Crippen LogP contribution in [0.5, 0.6) is 0 Å². The number of hydrogen-bond donors (Lipinski definition) is 2. The summed E-state index contributed by atoms with van der Waals surface area (Å²) in [6.07, 6.45) is 11.6. The van der Waals surface area contributed by atoms with E-state index >= 15 is 0 Å². The van der Waals surface area contributed by atoms with E-state index in [4.69, 9.17) is 15.7 Å². The van der Waals surface area contributed by atoms with Crippen LogP contribution in [0.15, 0.2) is 48.2 Å². The van der Waals surface area contributed by atoms with E-state index in [0.717, 1.165) is 41.6 Å². The Kier molecular flexibility index (Phi) is 5.44. The zero-order valence-electron chi connectivity index (χ0n) is 18.3. The number of rotatable bonds is 6. The molecular formula is C23H24N10. The topological polar surface area (TPSA) is 138 Å². The van der Waals surface area contributed by atoms with E-state index in [1.54, 1.807) is 6.21 Å². The third-order valence-corrected chi connectivity index (χ3v) is 6.16. The number of aliphatic imine (C=N–C) groups is 1. The lowest BCUT2D eigenvalue weighted by Crippen LogP contribution is -2.26. The van der Waals surface area contributed by atoms with Crippen molar-refractivity contribution in [1.29, 1.82) is 5.26 Å². The van der Waals surface area contributed by atoms with Crippen molar-refractivity contribution >= 4 is 39.8 Å². The van der Waals surface area contributed by atoms with Crippen LogP contribution in [-0.4, -0.2) is 54.8 Å². The SMILES string of the molecule is Cn1ccc2cnc(N3CCC(C(CC#N)N=CC(=CN)c4ncnc5[nH]ccc45)C3)nc21. The summed E-state index contributed by atoms with van der Waals surface area (Å²) in [5, 5.41) is 11.3. The maximum absolute atomic E-state index is 9.43. The summed E-state index contributed by atoms with van der Waals surface area (Å²) < 4.78 is 1.99. The van der Waals surface area contributed by atoms with Crippen LogP contribution in [0.3, 0.4) is 0 Å². The minimum Gasteiger partial charge on any atom is -0.404 e. The Morgan fingerprint density at radius 1 is 1.39 bits per heavy atom. The molecule has 1 aliphatic heterocycles. The van der Waals surface area contributed by atoms with Gasteiger partial charge in [0, 0.05) is 73.4 Å². The largest absolute Gasteiger partial charge is 0.404 e. The van der Waals surface area contributed by atoms with Crippen LogP contribution in [0.25, 0.3) is 27.6 Å². The van der Waals surface area contributed by atoms with Gasteiger partial charge in [0.15, 0.2) is 0 Å². The second-order valence-electron chi connectivity index (χ2n) is 8.16. The molecule has 1 saturated heterocycles. The highest BCUT2D eigenvalue weighted by Crippen LogP contribution is 2.28. The average Bonchev–Trinajstić information content (AvgIpc) is 3.59. The molecule has 10 heteroatoms. The molecule has 0 spiro atoms. The van der Waals surface area contributed by atoms with Gasteiger partial charge in [-0.05, 0) is 18.6 Å². The number of anilines is 1. The zero-order chi connectivity index (χ0) is 22.8. The van der Waals surface area contributed by atoms with Crippen molar-refractivity contribution in [1.82, 2.24) is 29.5 Å². The predicted octanol–water partition coefficient (Wildman–Crippen LogP) is 2.42. The Morgan fingerprint density at radius 3 is 3.15 bits per heavy atom. The number of H-pyrrole nitrogens is 1. The summed E-state index contributed by atoms with van der Waals surface area (Å²) in [5.41, 5.74) is 8.96. The van der Waals surface area contributed by atoms with Crippen LogP contribution in [0.2, 0.25) is 0 Å². The molecule has 4 aromatic heterocycles. The van der Waals surface area contributed by atoms with E-state index in [1.807, 2.05) is 42.3 Å². The van der Waals surface area contributed by atoms with E-state index in [9.17, 15) is 5.26 Å². The van der Waals surface area contributed by atoms with Crippen molar-refractivity contribution in [2.75, 3.05) is 18.0 Å². The number of aromatic amines is 1. The summed E-state index contributed by atoms with van der Waals surface area (Å²) in [7, 11) is 1.98. The van der Waals surface area contributed by atoms with E-state index in [0.29, 0.717) is 23.6 Å². The van der Waals surface area contributed by atoms with Crippen molar-refractivity contribution in [2.24, 2.45) is 23.7 Å². The van der Waals surface area contributed by atoms with Crippen molar-refractivity contribution in [3.8, 4) is 6.07 Å². The molecule has 0 bridgehead atoms. The van der Waals surface area contributed by atoms with Crippen LogP contribution in [0, 0.1) is 17.2 Å². The highest BCUT2D eigenvalue weighted by molar-refractivity contribution is 6.13. The van der Waals surface area contributed by atoms with Crippen LogP contribution in [-0.2, 0) is 7.05 Å². The molecule has 33 heavy (non-hydrogen) atoms. The Balaban J connectivity index is 1.35. The fourth-order valence-corrected chi connectivity index (χ4v) is 4.37. The summed E-state index contributed by atoms with van der Waals surface area (Å²) in [5.74, 6) is 0.926. The van der Waals surface area contributed by atoms with Crippen molar-refractivity contribution in [3.63, 3.8) is 0 Å². The second kappa shape index (κ2) is 8.70. The van der Waals surface area contributed by atoms with Gasteiger partial charge in [-0.2, -0.15) is 10.2 Å². The highest BCUT2D eigenvalue weighted by atomic mass is 15.3. The van der Waals surface area contributed by atoms with Crippen molar-refractivity contribution < 1.29 is 0 Å². The van der Waals surface area contributed by atoms with Gasteiger partial charge in [0.05, 0.1) is 24.2 Å². The Morgan fingerprint density at radius 2 is 2.30 bits per heavy atom. The van der Waals surface area contributed by atoms with Gasteiger partial charge in [-0.15, -0.1) is 0 Å². The van der Waals surface area contributed by atoms with Gasteiger partial charge in [-0.3, -0.25) is 4.99 Å². The molecule has 1 fully saturated rings. The number of nitrogens with zero attached hydrogens (tertiary/aromatic N) is 8. The van der Waals surface area contributed by atoms with Crippen LogP contribution < -0.4 is 10.6 Å². The van der Waals surface area contributed by atoms with Gasteiger partial charge in [-0.1, -0.05) is 0 Å². The zero-order valence-corrected chi connectivity index (χ0v) is 18.3. The van der Waals surface area contributed by atoms with Gasteiger partial charge >= 0.3 is 0 Å². The van der Waals surface area contributed by atoms with Crippen molar-refractivity contribution in [2.45, 2.75) is 18.9 Å². The highest BCUT2D eigenvalue weighted by Gasteiger charge is 2.30. The first-order chi connectivity index (χ1) is 16.2. The predicted molar refractivity (Wildman–Crippen MR) is 127 cm³/mol. The van der Waals surface area contributed by atoms with Crippen LogP contribution in [0.1, 0.15) is 18.5 Å². The smallest absolute Gasteiger partial charge is 0.227 e. The van der Waals surface area contributed by atoms with E-state index in [2.05, 4.69) is 30.9 Å². The third-order valence-electron chi connectivity index (χ3n) is 6.16. The molecule has 2 atom stereocenters. The van der Waals surface area contributed by atoms with Gasteiger partial charge in [-0.25, -0.2) is 15.0 Å². The number of hydrogen-bond acceptors (Lipinski definition) is 8. The van der Waals surface area contributed by atoms with E-state index in [1.165, 1.54) is 12.5 Å². The number of aryl methyl sites for hydroxylation is 1. The normalized spacial score (nSPS) is 17.9. The molecule has 1 aliphatic rings. The second-order valence-corrected chi connectivity index (χ2v) is 8.16. The fraction of sp³-hybridized carbons (Fsp3) is 0.304. The Bertz CT molecular complexity index is 1390. The van der Waals surface area contributed by atoms with Gasteiger partial charge < -0.3 is 20.2 Å². The summed E-state index contributed by atoms with van der Waals surface area (Å²) in [6, 6.07) is 6.05. The lowest BCUT2D eigenvalue weighted by Gasteiger charge is -2.19. The Labute approximate surface area is 190 Å². The molecule has 3 N–H and O–H groups in total. The molecule has 0 aliphatic carbocycles. The number of nitrogens with one attached hydrogen (secondary N) is 1. The summed E-state index contributed by atoms with van der Waals surface area (Å²) in [6.45, 7) is 1.57. The number of allylic oxidation sites excluding steroid dienone is 1. The number of nitrogens with two attached hydrogens (primary N) is 1. The first-order valence-electron chi connectivity index (χ1n) is 10.8. The van der Waals surface area contributed by atoms with Gasteiger partial charge in [0.2, 0.25) is 5.95 Å². The molecule has 0 aromatic carbocycles. The van der Waals surface area contributed by atoms with Crippen LogP contribution in [0.4, 0.5) is 5.95 Å². The monoisotopic (exact) mass is 440 g/mol. The van der Waals surface area contributed by atoms with E-state index < -0.39 is 0 Å². The number of aromatic nitrogens is 6. The summed E-state index contributed by atoms with van der Waals surface area (Å²) in [4.78, 5) is 27.9. The summed E-state index contributed by atoms with van der Waals surface area (Å²) >= 11 is 0. The lowest BCUT2D eigenvalue weighted by atomic mass is 9.97. The molecule has 4 aromatic rings. The lowest BCUT2D eigenvalue weighted by molar-refractivity contribution is 0.468. The molecular weight excluding hydrogens is 416 g/mol. The molecule has 5 heterocycles. The number of fused-ring (bicyclic) bond motifs is 2. The maximum atomic E-state index is 9.43. The van der Waals surface area contributed by atoms with Crippen molar-refractivity contribution in [3.05, 3.63) is 48.9 Å². The van der Waals surface area contributed by atoms with Crippen LogP contribution >= 0.6 is 0 Å². The molecule has 10 nitrogen and oxygen atoms in total. The first-order valence-corrected chi connectivity index (χ1v) is 10.8. The minimum absolute atomic E-state index is 0.155. The minimum atomic E-state index is -0.155. The standard InChI is InChI=1S/C23H24N10/c1-32-8-4-15-11-28-23(31-22(15)32)33-9-5-16(13-33)19(2-6-24)27-12-17(10-25)20-18-3-7-26-21(18)30-14-29-20/h3-4,7-8,10-12,14,16,19H,2,5,9,13,25H2,1H3,(H,26,29,30). The van der Waals surface area contributed by atoms with E-state index in [-0.39, 0.29) is 12.0 Å². The van der Waals surface area contributed by atoms with Gasteiger partial charge in [0.1, 0.15) is 17.6 Å². The third kappa shape index (κ3) is 3.89. The maximum Gasteiger partial charge on any atom is 0.227 e. The Hall–Kier alpha value is -4.26. The average molecular weight is 441 g/mol. The molecule has 166 valence electrons. The molecule has 0 amide bonds. The first kappa shape index (κ1) is 20.6.